The highest BCUT2D eigenvalue weighted by Crippen LogP contribution is 2.39. The molecule has 0 spiro atoms. The Kier molecular flexibility index (Phi) is 4.18. The van der Waals surface area contributed by atoms with Crippen LogP contribution in [-0.2, 0) is 14.6 Å². The molecule has 0 radical (unpaired) electrons. The third-order valence-electron chi connectivity index (χ3n) is 3.97. The fraction of sp³-hybridized carbons (Fsp3) is 0.125. The minimum atomic E-state index is -4.46. The number of benzene rings is 2. The van der Waals surface area contributed by atoms with Crippen LogP contribution in [-0.4, -0.2) is 36.9 Å². The van der Waals surface area contributed by atoms with E-state index in [9.17, 15) is 23.1 Å². The quantitative estimate of drug-likeness (QED) is 0.845. The van der Waals surface area contributed by atoms with Gasteiger partial charge >= 0.3 is 12.0 Å². The summed E-state index contributed by atoms with van der Waals surface area (Å²) in [6.45, 7) is -0.608. The summed E-state index contributed by atoms with van der Waals surface area (Å²) < 4.78 is 26.4. The van der Waals surface area contributed by atoms with Crippen molar-refractivity contribution in [3.05, 3.63) is 59.6 Å². The molecule has 1 aliphatic heterocycles. The van der Waals surface area contributed by atoms with E-state index in [1.807, 2.05) is 0 Å². The summed E-state index contributed by atoms with van der Waals surface area (Å²) in [5.74, 6) is -1.67. The van der Waals surface area contributed by atoms with Crippen LogP contribution in [0, 0.1) is 0 Å². The largest absolute Gasteiger partial charge is 0.479 e. The van der Waals surface area contributed by atoms with Gasteiger partial charge in [-0.25, -0.2) is 18.0 Å². The number of rotatable bonds is 4. The lowest BCUT2D eigenvalue weighted by molar-refractivity contribution is -0.139. The van der Waals surface area contributed by atoms with Crippen molar-refractivity contribution < 1.29 is 23.1 Å². The predicted octanol–water partition coefficient (Wildman–Crippen LogP) is 2.12. The summed E-state index contributed by atoms with van der Waals surface area (Å²) in [4.78, 5) is 22.4. The fourth-order valence-electron chi connectivity index (χ4n) is 2.75. The first kappa shape index (κ1) is 17.2. The van der Waals surface area contributed by atoms with Crippen LogP contribution in [0.15, 0.2) is 59.5 Å². The van der Waals surface area contributed by atoms with Gasteiger partial charge in [0.15, 0.2) is 0 Å². The number of halogens is 1. The Balaban J connectivity index is 2.29. The van der Waals surface area contributed by atoms with Gasteiger partial charge in [0.1, 0.15) is 0 Å². The van der Waals surface area contributed by atoms with E-state index in [4.69, 9.17) is 11.6 Å². The van der Waals surface area contributed by atoms with Gasteiger partial charge in [-0.2, -0.15) is 0 Å². The zero-order chi connectivity index (χ0) is 18.2. The second kappa shape index (κ2) is 6.05. The number of hydrogen-bond donors (Lipinski definition) is 2. The Labute approximate surface area is 148 Å². The maximum Gasteiger partial charge on any atom is 0.348 e. The summed E-state index contributed by atoms with van der Waals surface area (Å²) in [7, 11) is -4.46. The van der Waals surface area contributed by atoms with E-state index in [2.05, 4.69) is 5.32 Å². The Bertz CT molecular complexity index is 948. The van der Waals surface area contributed by atoms with Crippen LogP contribution in [0.25, 0.3) is 0 Å². The highest BCUT2D eigenvalue weighted by atomic mass is 35.5. The molecule has 25 heavy (non-hydrogen) atoms. The molecule has 0 aromatic heterocycles. The van der Waals surface area contributed by atoms with Crippen molar-refractivity contribution in [3.8, 4) is 0 Å². The molecule has 130 valence electrons. The lowest BCUT2D eigenvalue weighted by Crippen LogP contribution is -2.59. The first-order valence-corrected chi connectivity index (χ1v) is 9.04. The van der Waals surface area contributed by atoms with Crippen molar-refractivity contribution in [3.63, 3.8) is 0 Å². The molecule has 9 heteroatoms. The summed E-state index contributed by atoms with van der Waals surface area (Å²) in [6, 6.07) is 12.3. The number of hydrogen-bond acceptors (Lipinski definition) is 4. The fourth-order valence-corrected chi connectivity index (χ4v) is 4.79. The highest BCUT2D eigenvalue weighted by Gasteiger charge is 2.63. The van der Waals surface area contributed by atoms with Gasteiger partial charge < -0.3 is 10.4 Å². The van der Waals surface area contributed by atoms with E-state index in [-0.39, 0.29) is 15.6 Å². The van der Waals surface area contributed by atoms with Crippen molar-refractivity contribution in [2.24, 2.45) is 0 Å². The highest BCUT2D eigenvalue weighted by molar-refractivity contribution is 7.93. The molecular formula is C16H13ClN2O5S. The summed E-state index contributed by atoms with van der Waals surface area (Å²) in [5.41, 5.74) is 0.000993. The minimum Gasteiger partial charge on any atom is -0.479 e. The molecule has 1 unspecified atom stereocenters. The van der Waals surface area contributed by atoms with Crippen molar-refractivity contribution in [2.45, 2.75) is 9.77 Å². The number of nitrogens with one attached hydrogen (secondary N) is 1. The van der Waals surface area contributed by atoms with E-state index < -0.39 is 33.3 Å². The van der Waals surface area contributed by atoms with Gasteiger partial charge in [0.05, 0.1) is 22.2 Å². The van der Waals surface area contributed by atoms with Crippen LogP contribution in [0.2, 0.25) is 5.02 Å². The third kappa shape index (κ3) is 2.45. The normalized spacial score (nSPS) is 20.4. The van der Waals surface area contributed by atoms with E-state index in [1.165, 1.54) is 42.5 Å². The van der Waals surface area contributed by atoms with Gasteiger partial charge in [0.2, 0.25) is 9.84 Å². The number of para-hydroxylation sites is 1. The Morgan fingerprint density at radius 1 is 1.12 bits per heavy atom. The van der Waals surface area contributed by atoms with E-state index in [1.54, 1.807) is 12.1 Å². The molecule has 0 aliphatic carbocycles. The smallest absolute Gasteiger partial charge is 0.348 e. The Hall–Kier alpha value is -2.58. The van der Waals surface area contributed by atoms with Gasteiger partial charge in [-0.05, 0) is 24.3 Å². The molecule has 3 rings (SSSR count). The van der Waals surface area contributed by atoms with E-state index in [0.717, 1.165) is 0 Å². The van der Waals surface area contributed by atoms with Gasteiger partial charge in [-0.1, -0.05) is 41.9 Å². The SMILES string of the molecule is O=C1NCC(C(=O)O)(S(=O)(=O)c2ccccc2)N1c1ccccc1Cl. The Morgan fingerprint density at radius 2 is 1.72 bits per heavy atom. The van der Waals surface area contributed by atoms with Crippen LogP contribution >= 0.6 is 11.6 Å². The third-order valence-corrected chi connectivity index (χ3v) is 6.57. The Morgan fingerprint density at radius 3 is 2.32 bits per heavy atom. The number of carboxylic acid groups (broad SMARTS) is 1. The first-order chi connectivity index (χ1) is 11.8. The molecule has 1 aliphatic rings. The number of carbonyl (C=O) groups excluding carboxylic acids is 1. The molecule has 0 bridgehead atoms. The van der Waals surface area contributed by atoms with Crippen molar-refractivity contribution in [1.29, 1.82) is 0 Å². The number of urea groups is 1. The topological polar surface area (TPSA) is 104 Å². The molecule has 2 amide bonds. The molecule has 1 atom stereocenters. The predicted molar refractivity (Wildman–Crippen MR) is 91.3 cm³/mol. The second-order valence-corrected chi connectivity index (χ2v) is 7.91. The first-order valence-electron chi connectivity index (χ1n) is 7.18. The average Bonchev–Trinajstić information content (AvgIpc) is 2.95. The average molecular weight is 381 g/mol. The zero-order valence-electron chi connectivity index (χ0n) is 12.7. The zero-order valence-corrected chi connectivity index (χ0v) is 14.3. The number of sulfone groups is 1. The van der Waals surface area contributed by atoms with Crippen molar-refractivity contribution in [1.82, 2.24) is 5.32 Å². The van der Waals surface area contributed by atoms with E-state index in [0.29, 0.717) is 4.90 Å². The minimum absolute atomic E-state index is 0.000993. The number of amides is 2. The van der Waals surface area contributed by atoms with Gasteiger partial charge in [0, 0.05) is 0 Å². The number of anilines is 1. The summed E-state index contributed by atoms with van der Waals surface area (Å²) >= 11 is 6.09. The summed E-state index contributed by atoms with van der Waals surface area (Å²) in [6.07, 6.45) is 0. The van der Waals surface area contributed by atoms with Crippen molar-refractivity contribution >= 4 is 39.1 Å². The van der Waals surface area contributed by atoms with Crippen molar-refractivity contribution in [2.75, 3.05) is 11.4 Å². The van der Waals surface area contributed by atoms with Crippen LogP contribution in [0.5, 0.6) is 0 Å². The number of nitrogens with zero attached hydrogens (tertiary/aromatic N) is 1. The molecular weight excluding hydrogens is 368 g/mol. The maximum atomic E-state index is 13.2. The molecule has 2 N–H and O–H groups in total. The van der Waals surface area contributed by atoms with Gasteiger partial charge in [-0.15, -0.1) is 0 Å². The summed E-state index contributed by atoms with van der Waals surface area (Å²) in [5, 5.41) is 12.2. The maximum absolute atomic E-state index is 13.2. The molecule has 1 fully saturated rings. The standard InChI is InChI=1S/C16H13ClN2O5S/c17-12-8-4-5-9-13(12)19-15(22)18-10-16(19,14(20)21)25(23,24)11-6-2-1-3-7-11/h1-9H,10H2,(H,18,22)(H,20,21). The molecule has 1 saturated heterocycles. The van der Waals surface area contributed by atoms with Gasteiger partial charge in [0.25, 0.3) is 4.87 Å². The lowest BCUT2D eigenvalue weighted by Gasteiger charge is -2.32. The van der Waals surface area contributed by atoms with Crippen LogP contribution in [0.3, 0.4) is 0 Å². The van der Waals surface area contributed by atoms with Crippen LogP contribution in [0.1, 0.15) is 0 Å². The molecule has 2 aromatic carbocycles. The monoisotopic (exact) mass is 380 g/mol. The number of carbonyl (C=O) groups is 2. The number of aliphatic carboxylic acids is 1. The second-order valence-electron chi connectivity index (χ2n) is 5.35. The molecule has 1 heterocycles. The molecule has 2 aromatic rings. The number of carboxylic acids is 1. The molecule has 7 nitrogen and oxygen atoms in total. The lowest BCUT2D eigenvalue weighted by atomic mass is 10.2. The van der Waals surface area contributed by atoms with Gasteiger partial charge in [-0.3, -0.25) is 4.90 Å². The van der Waals surface area contributed by atoms with Crippen LogP contribution in [0.4, 0.5) is 10.5 Å². The van der Waals surface area contributed by atoms with E-state index >= 15 is 0 Å². The molecule has 0 saturated carbocycles. The van der Waals surface area contributed by atoms with Crippen LogP contribution < -0.4 is 10.2 Å².